The van der Waals surface area contributed by atoms with E-state index in [1.807, 2.05) is 0 Å². The quantitative estimate of drug-likeness (QED) is 0.199. The van der Waals surface area contributed by atoms with Crippen molar-refractivity contribution in [3.05, 3.63) is 215 Å². The molecule has 1 atom stereocenters. The third-order valence-corrected chi connectivity index (χ3v) is 10.3. The van der Waals surface area contributed by atoms with E-state index in [0.29, 0.717) is 0 Å². The van der Waals surface area contributed by atoms with Crippen molar-refractivity contribution >= 4 is 0 Å². The van der Waals surface area contributed by atoms with E-state index >= 15 is 0 Å². The summed E-state index contributed by atoms with van der Waals surface area (Å²) in [5.41, 5.74) is 12.9. The molecule has 7 aromatic carbocycles. The van der Waals surface area contributed by atoms with Gasteiger partial charge in [0.25, 0.3) is 0 Å². The van der Waals surface area contributed by atoms with Gasteiger partial charge in [0.15, 0.2) is 0 Å². The Kier molecular flexibility index (Phi) is 5.92. The second-order valence-corrected chi connectivity index (χ2v) is 12.6. The summed E-state index contributed by atoms with van der Waals surface area (Å²) in [4.78, 5) is 0. The average Bonchev–Trinajstić information content (AvgIpc) is 3.40. The smallest absolute Gasteiger partial charge is 0.132 e. The minimum atomic E-state index is -0.525. The van der Waals surface area contributed by atoms with Gasteiger partial charge in [-0.2, -0.15) is 0 Å². The molecular formula is C45H32O. The van der Waals surface area contributed by atoms with Crippen LogP contribution >= 0.6 is 0 Å². The maximum atomic E-state index is 6.84. The Balaban J connectivity index is 1.30. The first kappa shape index (κ1) is 26.7. The number of hydrogen-bond donors (Lipinski definition) is 0. The Labute approximate surface area is 270 Å². The Morgan fingerprint density at radius 1 is 0.391 bits per heavy atom. The van der Waals surface area contributed by atoms with Crippen LogP contribution in [-0.4, -0.2) is 0 Å². The van der Waals surface area contributed by atoms with Crippen molar-refractivity contribution in [3.63, 3.8) is 0 Å². The molecule has 0 bridgehead atoms. The first-order valence-electron chi connectivity index (χ1n) is 16.0. The van der Waals surface area contributed by atoms with Crippen molar-refractivity contribution in [2.24, 2.45) is 0 Å². The van der Waals surface area contributed by atoms with Crippen LogP contribution in [0.3, 0.4) is 0 Å². The molecular weight excluding hydrogens is 556 g/mol. The molecule has 218 valence electrons. The van der Waals surface area contributed by atoms with Crippen LogP contribution in [0.15, 0.2) is 176 Å². The van der Waals surface area contributed by atoms with Crippen molar-refractivity contribution in [1.82, 2.24) is 0 Å². The molecule has 0 fully saturated rings. The van der Waals surface area contributed by atoms with Gasteiger partial charge in [-0.05, 0) is 69.1 Å². The molecule has 9 rings (SSSR count). The van der Waals surface area contributed by atoms with Crippen molar-refractivity contribution in [2.45, 2.75) is 17.8 Å². The lowest BCUT2D eigenvalue weighted by molar-refractivity contribution is 0.435. The Morgan fingerprint density at radius 3 is 1.61 bits per heavy atom. The maximum Gasteiger partial charge on any atom is 0.132 e. The van der Waals surface area contributed by atoms with E-state index in [2.05, 4.69) is 183 Å². The van der Waals surface area contributed by atoms with Crippen LogP contribution in [0.1, 0.15) is 45.9 Å². The van der Waals surface area contributed by atoms with E-state index in [4.69, 9.17) is 4.74 Å². The van der Waals surface area contributed by atoms with Crippen molar-refractivity contribution in [2.75, 3.05) is 0 Å². The number of para-hydroxylation sites is 1. The highest BCUT2D eigenvalue weighted by Gasteiger charge is 2.46. The van der Waals surface area contributed by atoms with Crippen molar-refractivity contribution < 1.29 is 4.74 Å². The van der Waals surface area contributed by atoms with Crippen LogP contribution in [0.4, 0.5) is 0 Å². The molecule has 0 saturated carbocycles. The van der Waals surface area contributed by atoms with E-state index in [1.165, 1.54) is 44.5 Å². The molecule has 0 amide bonds. The molecule has 0 N–H and O–H groups in total. The number of hydrogen-bond acceptors (Lipinski definition) is 1. The second kappa shape index (κ2) is 10.2. The van der Waals surface area contributed by atoms with E-state index in [-0.39, 0.29) is 5.41 Å². The molecule has 2 aliphatic rings. The van der Waals surface area contributed by atoms with Crippen LogP contribution in [0.5, 0.6) is 11.5 Å². The fourth-order valence-electron chi connectivity index (χ4n) is 8.24. The van der Waals surface area contributed by atoms with Gasteiger partial charge in [-0.1, -0.05) is 164 Å². The van der Waals surface area contributed by atoms with Crippen molar-refractivity contribution in [1.29, 1.82) is 0 Å². The van der Waals surface area contributed by atoms with Gasteiger partial charge in [0.1, 0.15) is 11.5 Å². The largest absolute Gasteiger partial charge is 0.457 e. The number of benzene rings is 7. The van der Waals surface area contributed by atoms with Crippen LogP contribution in [-0.2, 0) is 10.8 Å². The van der Waals surface area contributed by atoms with Gasteiger partial charge in [0.05, 0.1) is 5.41 Å². The van der Waals surface area contributed by atoms with Crippen LogP contribution < -0.4 is 4.74 Å². The van der Waals surface area contributed by atoms with Crippen LogP contribution in [0.25, 0.3) is 22.3 Å². The molecule has 0 aromatic heterocycles. The van der Waals surface area contributed by atoms with Crippen LogP contribution in [0.2, 0.25) is 0 Å². The normalized spacial score (nSPS) is 16.8. The molecule has 1 nitrogen and oxygen atoms in total. The predicted molar refractivity (Wildman–Crippen MR) is 188 cm³/mol. The summed E-state index contributed by atoms with van der Waals surface area (Å²) in [5, 5.41) is 0. The lowest BCUT2D eigenvalue weighted by Crippen LogP contribution is -2.34. The van der Waals surface area contributed by atoms with E-state index in [1.54, 1.807) is 0 Å². The summed E-state index contributed by atoms with van der Waals surface area (Å²) < 4.78 is 6.84. The zero-order valence-electron chi connectivity index (χ0n) is 25.7. The first-order valence-corrected chi connectivity index (χ1v) is 16.0. The minimum Gasteiger partial charge on any atom is -0.457 e. The van der Waals surface area contributed by atoms with Gasteiger partial charge in [-0.3, -0.25) is 0 Å². The monoisotopic (exact) mass is 588 g/mol. The third-order valence-electron chi connectivity index (χ3n) is 10.3. The molecule has 0 radical (unpaired) electrons. The van der Waals surface area contributed by atoms with Crippen LogP contribution in [0, 0.1) is 0 Å². The molecule has 0 spiro atoms. The van der Waals surface area contributed by atoms with Gasteiger partial charge in [0, 0.05) is 16.5 Å². The van der Waals surface area contributed by atoms with Gasteiger partial charge in [0.2, 0.25) is 0 Å². The molecule has 0 saturated heterocycles. The summed E-state index contributed by atoms with van der Waals surface area (Å²) in [6.07, 6.45) is 0. The maximum absolute atomic E-state index is 6.84. The predicted octanol–water partition coefficient (Wildman–Crippen LogP) is 11.2. The first-order chi connectivity index (χ1) is 22.7. The zero-order chi connectivity index (χ0) is 30.7. The summed E-state index contributed by atoms with van der Waals surface area (Å²) in [6, 6.07) is 63.7. The lowest BCUT2D eigenvalue weighted by atomic mass is 9.63. The molecule has 1 unspecified atom stereocenters. The molecule has 7 aromatic rings. The van der Waals surface area contributed by atoms with E-state index in [0.717, 1.165) is 28.2 Å². The van der Waals surface area contributed by atoms with Gasteiger partial charge in [-0.25, -0.2) is 0 Å². The Morgan fingerprint density at radius 2 is 0.913 bits per heavy atom. The summed E-state index contributed by atoms with van der Waals surface area (Å²) in [5.74, 6) is 1.78. The molecule has 1 heteroatoms. The molecule has 46 heavy (non-hydrogen) atoms. The second-order valence-electron chi connectivity index (χ2n) is 12.6. The molecule has 1 aliphatic carbocycles. The van der Waals surface area contributed by atoms with Crippen molar-refractivity contribution in [3.8, 4) is 33.8 Å². The Bertz CT molecular complexity index is 2190. The zero-order valence-corrected chi connectivity index (χ0v) is 25.7. The number of rotatable bonds is 4. The fraction of sp³-hybridized carbons (Fsp3) is 0.0667. The number of ether oxygens (including phenoxy) is 1. The van der Waals surface area contributed by atoms with E-state index in [9.17, 15) is 0 Å². The molecule has 1 heterocycles. The minimum absolute atomic E-state index is 0.247. The number of fused-ring (bicyclic) bond motifs is 5. The highest BCUT2D eigenvalue weighted by molar-refractivity contribution is 5.94. The topological polar surface area (TPSA) is 9.23 Å². The van der Waals surface area contributed by atoms with Gasteiger partial charge in [-0.15, -0.1) is 0 Å². The SMILES string of the molecule is CC1(c2ccccc2)c2ccccc2-c2c(-c3ccc4c(c3)Oc3ccccc3C4(c3ccccc3)c3ccccc3)cccc21. The summed E-state index contributed by atoms with van der Waals surface area (Å²) in [7, 11) is 0. The summed E-state index contributed by atoms with van der Waals surface area (Å²) >= 11 is 0. The molecule has 1 aliphatic heterocycles. The van der Waals surface area contributed by atoms with Gasteiger partial charge >= 0.3 is 0 Å². The highest BCUT2D eigenvalue weighted by atomic mass is 16.5. The summed E-state index contributed by atoms with van der Waals surface area (Å²) in [6.45, 7) is 2.37. The Hall–Kier alpha value is -5.66. The standard InChI is InChI=1S/C45H32O/c1-44(32-16-5-2-6-17-32)37-24-12-11-22-36(37)43-35(23-15-26-40(43)44)31-28-29-39-42(30-31)46-41-27-14-13-25-38(41)45(39,33-18-7-3-8-19-33)34-20-9-4-10-21-34/h2-30H,1H3. The lowest BCUT2D eigenvalue weighted by Gasteiger charge is -2.41. The van der Waals surface area contributed by atoms with E-state index < -0.39 is 5.41 Å². The average molecular weight is 589 g/mol. The fourth-order valence-corrected chi connectivity index (χ4v) is 8.24. The van der Waals surface area contributed by atoms with Gasteiger partial charge < -0.3 is 4.74 Å². The highest BCUT2D eigenvalue weighted by Crippen LogP contribution is 2.58. The third kappa shape index (κ3) is 3.63.